The third-order valence-electron chi connectivity index (χ3n) is 2.33. The second-order valence-corrected chi connectivity index (χ2v) is 6.59. The molecule has 1 aliphatic heterocycles. The number of hydrogen-bond acceptors (Lipinski definition) is 4. The van der Waals surface area contributed by atoms with Crippen molar-refractivity contribution >= 4 is 21.9 Å². The molecule has 0 bridgehead atoms. The van der Waals surface area contributed by atoms with Gasteiger partial charge in [-0.1, -0.05) is 30.3 Å². The zero-order valence-corrected chi connectivity index (χ0v) is 10.5. The fourth-order valence-corrected chi connectivity index (χ4v) is 4.20. The second kappa shape index (κ2) is 5.21. The standard InChI is InChI=1S/C11H14O3S2/c12-16(13,14-11-7-4-8-15-11)9-10-5-2-1-3-6-10/h1-3,5-6,11H,4,7-9H2/t11-/m1/s1. The number of benzene rings is 1. The molecule has 2 rings (SSSR count). The highest BCUT2D eigenvalue weighted by molar-refractivity contribution is 8.00. The quantitative estimate of drug-likeness (QED) is 0.778. The van der Waals surface area contributed by atoms with Crippen LogP contribution in [0.15, 0.2) is 30.3 Å². The normalized spacial score (nSPS) is 21.1. The SMILES string of the molecule is O=S(=O)(Cc1ccccc1)O[C@H]1CCCS1. The predicted molar refractivity (Wildman–Crippen MR) is 65.6 cm³/mol. The van der Waals surface area contributed by atoms with E-state index in [0.717, 1.165) is 24.2 Å². The molecule has 0 aromatic heterocycles. The minimum absolute atomic E-state index is 0.0368. The summed E-state index contributed by atoms with van der Waals surface area (Å²) in [4.78, 5) is 0. The third kappa shape index (κ3) is 3.50. The predicted octanol–water partition coefficient (Wildman–Crippen LogP) is 2.39. The highest BCUT2D eigenvalue weighted by atomic mass is 32.2. The summed E-state index contributed by atoms with van der Waals surface area (Å²) in [7, 11) is -3.44. The molecule has 0 unspecified atom stereocenters. The van der Waals surface area contributed by atoms with Crippen LogP contribution in [0.5, 0.6) is 0 Å². The summed E-state index contributed by atoms with van der Waals surface area (Å²) in [6, 6.07) is 9.11. The molecule has 1 aliphatic rings. The summed E-state index contributed by atoms with van der Waals surface area (Å²) < 4.78 is 28.6. The molecule has 16 heavy (non-hydrogen) atoms. The topological polar surface area (TPSA) is 43.4 Å². The molecule has 0 N–H and O–H groups in total. The first-order valence-corrected chi connectivity index (χ1v) is 7.85. The first kappa shape index (κ1) is 12.0. The highest BCUT2D eigenvalue weighted by Gasteiger charge is 2.23. The molecule has 1 heterocycles. The maximum absolute atomic E-state index is 11.7. The Hall–Kier alpha value is -0.520. The molecular weight excluding hydrogens is 244 g/mol. The van der Waals surface area contributed by atoms with E-state index in [1.807, 2.05) is 18.2 Å². The van der Waals surface area contributed by atoms with E-state index in [9.17, 15) is 8.42 Å². The van der Waals surface area contributed by atoms with Gasteiger partial charge in [0.15, 0.2) is 0 Å². The van der Waals surface area contributed by atoms with E-state index >= 15 is 0 Å². The molecule has 88 valence electrons. The zero-order valence-electron chi connectivity index (χ0n) is 8.83. The van der Waals surface area contributed by atoms with Crippen LogP contribution in [0.4, 0.5) is 0 Å². The van der Waals surface area contributed by atoms with Crippen LogP contribution < -0.4 is 0 Å². The van der Waals surface area contributed by atoms with Crippen molar-refractivity contribution in [3.63, 3.8) is 0 Å². The van der Waals surface area contributed by atoms with Gasteiger partial charge in [0.1, 0.15) is 11.2 Å². The van der Waals surface area contributed by atoms with Crippen molar-refractivity contribution in [1.82, 2.24) is 0 Å². The lowest BCUT2D eigenvalue weighted by Gasteiger charge is -2.10. The van der Waals surface area contributed by atoms with Gasteiger partial charge in [-0.15, -0.1) is 11.8 Å². The number of hydrogen-bond donors (Lipinski definition) is 0. The maximum atomic E-state index is 11.7. The van der Waals surface area contributed by atoms with Crippen LogP contribution >= 0.6 is 11.8 Å². The Morgan fingerprint density at radius 2 is 2.06 bits per heavy atom. The van der Waals surface area contributed by atoms with Crippen molar-refractivity contribution in [2.45, 2.75) is 24.0 Å². The summed E-state index contributed by atoms with van der Waals surface area (Å²) in [6.45, 7) is 0. The fraction of sp³-hybridized carbons (Fsp3) is 0.455. The second-order valence-electron chi connectivity index (χ2n) is 3.73. The molecule has 5 heteroatoms. The molecule has 1 saturated heterocycles. The van der Waals surface area contributed by atoms with Gasteiger partial charge in [-0.2, -0.15) is 8.42 Å². The van der Waals surface area contributed by atoms with Gasteiger partial charge in [0.25, 0.3) is 10.1 Å². The summed E-state index contributed by atoms with van der Waals surface area (Å²) in [5, 5.41) is 0. The Morgan fingerprint density at radius 1 is 1.31 bits per heavy atom. The minimum Gasteiger partial charge on any atom is -0.256 e. The molecule has 1 aromatic rings. The molecule has 0 amide bonds. The smallest absolute Gasteiger partial charge is 0.256 e. The molecule has 0 spiro atoms. The zero-order chi connectivity index (χ0) is 11.4. The van der Waals surface area contributed by atoms with Crippen molar-refractivity contribution in [2.75, 3.05) is 5.75 Å². The fourth-order valence-electron chi connectivity index (χ4n) is 1.60. The van der Waals surface area contributed by atoms with Crippen LogP contribution in [0.3, 0.4) is 0 Å². The van der Waals surface area contributed by atoms with Crippen LogP contribution in [-0.4, -0.2) is 19.6 Å². The van der Waals surface area contributed by atoms with Gasteiger partial charge in [0.2, 0.25) is 0 Å². The number of rotatable bonds is 4. The molecule has 3 nitrogen and oxygen atoms in total. The van der Waals surface area contributed by atoms with Crippen LogP contribution in [-0.2, 0) is 20.1 Å². The van der Waals surface area contributed by atoms with Gasteiger partial charge in [-0.25, -0.2) is 0 Å². The number of thioether (sulfide) groups is 1. The summed E-state index contributed by atoms with van der Waals surface area (Å²) in [5.41, 5.74) is 0.596. The van der Waals surface area contributed by atoms with Crippen molar-refractivity contribution < 1.29 is 12.6 Å². The Morgan fingerprint density at radius 3 is 2.69 bits per heavy atom. The van der Waals surface area contributed by atoms with Crippen LogP contribution in [0, 0.1) is 0 Å². The van der Waals surface area contributed by atoms with Crippen LogP contribution in [0.25, 0.3) is 0 Å². The molecule has 0 aliphatic carbocycles. The van der Waals surface area contributed by atoms with Gasteiger partial charge in [0, 0.05) is 0 Å². The third-order valence-corrected chi connectivity index (χ3v) is 4.89. The van der Waals surface area contributed by atoms with Crippen LogP contribution in [0.1, 0.15) is 18.4 Å². The van der Waals surface area contributed by atoms with E-state index in [2.05, 4.69) is 0 Å². The first-order chi connectivity index (χ1) is 7.66. The monoisotopic (exact) mass is 258 g/mol. The molecule has 1 aromatic carbocycles. The van der Waals surface area contributed by atoms with Crippen molar-refractivity contribution in [1.29, 1.82) is 0 Å². The lowest BCUT2D eigenvalue weighted by Crippen LogP contribution is -2.14. The largest absolute Gasteiger partial charge is 0.272 e. The van der Waals surface area contributed by atoms with Gasteiger partial charge in [-0.3, -0.25) is 4.18 Å². The Bertz CT molecular complexity index is 422. The Balaban J connectivity index is 1.97. The molecule has 1 atom stereocenters. The Kier molecular flexibility index (Phi) is 3.89. The van der Waals surface area contributed by atoms with Gasteiger partial charge in [-0.05, 0) is 24.2 Å². The van der Waals surface area contributed by atoms with Crippen molar-refractivity contribution in [3.05, 3.63) is 35.9 Å². The van der Waals surface area contributed by atoms with Gasteiger partial charge >= 0.3 is 0 Å². The van der Waals surface area contributed by atoms with E-state index in [4.69, 9.17) is 4.18 Å². The summed E-state index contributed by atoms with van der Waals surface area (Å²) in [6.07, 6.45) is 1.87. The van der Waals surface area contributed by atoms with Crippen LogP contribution in [0.2, 0.25) is 0 Å². The van der Waals surface area contributed by atoms with E-state index in [0.29, 0.717) is 0 Å². The summed E-state index contributed by atoms with van der Waals surface area (Å²) >= 11 is 1.58. The maximum Gasteiger partial charge on any atom is 0.272 e. The minimum atomic E-state index is -3.44. The Labute approximate surface area is 100 Å². The van der Waals surface area contributed by atoms with Crippen molar-refractivity contribution in [2.24, 2.45) is 0 Å². The van der Waals surface area contributed by atoms with Gasteiger partial charge < -0.3 is 0 Å². The molecule has 0 saturated carbocycles. The summed E-state index contributed by atoms with van der Waals surface area (Å²) in [5.74, 6) is 0.955. The highest BCUT2D eigenvalue weighted by Crippen LogP contribution is 2.29. The van der Waals surface area contributed by atoms with Gasteiger partial charge in [0.05, 0.1) is 0 Å². The molecule has 0 radical (unpaired) electrons. The first-order valence-electron chi connectivity index (χ1n) is 5.22. The molecule has 1 fully saturated rings. The van der Waals surface area contributed by atoms with E-state index < -0.39 is 10.1 Å². The lowest BCUT2D eigenvalue weighted by atomic mass is 10.2. The molecular formula is C11H14O3S2. The van der Waals surface area contributed by atoms with E-state index in [1.54, 1.807) is 23.9 Å². The average molecular weight is 258 g/mol. The average Bonchev–Trinajstić information content (AvgIpc) is 2.70. The van der Waals surface area contributed by atoms with E-state index in [1.165, 1.54) is 0 Å². The van der Waals surface area contributed by atoms with E-state index in [-0.39, 0.29) is 11.2 Å². The van der Waals surface area contributed by atoms with Crippen molar-refractivity contribution in [3.8, 4) is 0 Å². The lowest BCUT2D eigenvalue weighted by molar-refractivity contribution is 0.287.